The quantitative estimate of drug-likeness (QED) is 0.453. The molecule has 0 aromatic carbocycles. The molecule has 0 unspecified atom stereocenters. The lowest BCUT2D eigenvalue weighted by Gasteiger charge is -1.79. The molecular formula is CH6ClNO2. The van der Waals surface area contributed by atoms with Crippen LogP contribution in [-0.4, -0.2) is 12.3 Å². The van der Waals surface area contributed by atoms with E-state index >= 15 is 0 Å². The van der Waals surface area contributed by atoms with Crippen molar-refractivity contribution < 1.29 is 10.0 Å². The highest BCUT2D eigenvalue weighted by Crippen LogP contribution is 1.31. The van der Waals surface area contributed by atoms with Gasteiger partial charge in [0.2, 0.25) is 0 Å². The molecule has 3 nitrogen and oxygen atoms in total. The van der Waals surface area contributed by atoms with E-state index in [0.29, 0.717) is 0 Å². The van der Waals surface area contributed by atoms with Crippen LogP contribution >= 0.6 is 12.4 Å². The van der Waals surface area contributed by atoms with Gasteiger partial charge in [-0.15, -0.1) is 12.4 Å². The fourth-order valence-corrected chi connectivity index (χ4v) is 0. The minimum absolute atomic E-state index is 0. The van der Waals surface area contributed by atoms with Crippen LogP contribution in [-0.2, 0) is 4.84 Å². The van der Waals surface area contributed by atoms with Gasteiger partial charge in [-0.2, -0.15) is 0 Å². The maximum atomic E-state index is 7.40. The van der Waals surface area contributed by atoms with Crippen LogP contribution in [0.5, 0.6) is 0 Å². The predicted molar refractivity (Wildman–Crippen MR) is 19.2 cm³/mol. The molecule has 0 atom stereocenters. The third-order valence-electron chi connectivity index (χ3n) is 0.0913. The van der Waals surface area contributed by atoms with Crippen LogP contribution in [0.2, 0.25) is 0 Å². The first-order valence-electron chi connectivity index (χ1n) is 0.836. The molecule has 0 saturated carbocycles. The summed E-state index contributed by atoms with van der Waals surface area (Å²) in [5, 5.41) is 7.40. The molecule has 34 valence electrons. The molecule has 0 bridgehead atoms. The maximum absolute atomic E-state index is 7.40. The van der Waals surface area contributed by atoms with Gasteiger partial charge in [-0.25, -0.2) is 0 Å². The summed E-state index contributed by atoms with van der Waals surface area (Å²) in [6.07, 6.45) is 0. The Hall–Kier alpha value is 0.170. The largest absolute Gasteiger partial charge is 0.292 e. The van der Waals surface area contributed by atoms with Crippen molar-refractivity contribution in [1.82, 2.24) is 5.64 Å². The normalized spacial score (nSPS) is 6.00. The van der Waals surface area contributed by atoms with Gasteiger partial charge in [0, 0.05) is 0 Å². The molecule has 0 spiro atoms. The Morgan fingerprint density at radius 2 is 2.00 bits per heavy atom. The summed E-state index contributed by atoms with van der Waals surface area (Å²) < 4.78 is 0. The molecule has 0 amide bonds. The molecule has 0 saturated heterocycles. The van der Waals surface area contributed by atoms with E-state index in [4.69, 9.17) is 5.21 Å². The minimum Gasteiger partial charge on any atom is -0.292 e. The van der Waals surface area contributed by atoms with Crippen molar-refractivity contribution in [1.29, 1.82) is 0 Å². The molecule has 0 fully saturated rings. The molecule has 5 heavy (non-hydrogen) atoms. The molecule has 0 aliphatic carbocycles. The van der Waals surface area contributed by atoms with Crippen molar-refractivity contribution >= 4 is 12.4 Å². The highest BCUT2D eigenvalue weighted by Gasteiger charge is 1.46. The zero-order valence-corrected chi connectivity index (χ0v) is 3.58. The Morgan fingerprint density at radius 1 is 1.80 bits per heavy atom. The van der Waals surface area contributed by atoms with E-state index in [1.165, 1.54) is 12.8 Å². The van der Waals surface area contributed by atoms with Crippen LogP contribution in [0, 0.1) is 0 Å². The first-order valence-corrected chi connectivity index (χ1v) is 0.836. The summed E-state index contributed by atoms with van der Waals surface area (Å²) in [4.78, 5) is 3.85. The van der Waals surface area contributed by atoms with Gasteiger partial charge in [0.1, 0.15) is 0 Å². The molecule has 0 aliphatic heterocycles. The first-order chi connectivity index (χ1) is 1.91. The van der Waals surface area contributed by atoms with E-state index in [1.807, 2.05) is 0 Å². The molecule has 2 N–H and O–H groups in total. The van der Waals surface area contributed by atoms with Crippen LogP contribution in [0.1, 0.15) is 0 Å². The Kier molecular flexibility index (Phi) is 15.9. The number of hydrogen-bond acceptors (Lipinski definition) is 3. The third kappa shape index (κ3) is 14.3. The lowest BCUT2D eigenvalue weighted by Crippen LogP contribution is -2.01. The van der Waals surface area contributed by atoms with Gasteiger partial charge in [0.15, 0.2) is 0 Å². The summed E-state index contributed by atoms with van der Waals surface area (Å²) >= 11 is 0. The van der Waals surface area contributed by atoms with Crippen molar-refractivity contribution in [2.75, 3.05) is 7.11 Å². The van der Waals surface area contributed by atoms with Gasteiger partial charge < -0.3 is 0 Å². The summed E-state index contributed by atoms with van der Waals surface area (Å²) in [5.41, 5.74) is 1.43. The zero-order chi connectivity index (χ0) is 3.41. The number of rotatable bonds is 1. The van der Waals surface area contributed by atoms with Crippen molar-refractivity contribution in [2.24, 2.45) is 0 Å². The average molecular weight is 99.5 g/mol. The number of halogens is 1. The Morgan fingerprint density at radius 3 is 2.00 bits per heavy atom. The second kappa shape index (κ2) is 8.90. The van der Waals surface area contributed by atoms with Crippen molar-refractivity contribution in [2.45, 2.75) is 0 Å². The van der Waals surface area contributed by atoms with E-state index in [0.717, 1.165) is 0 Å². The standard InChI is InChI=1S/CH5NO2.ClH/c1-4-2-3;/h2-3H,1H3;1H. The van der Waals surface area contributed by atoms with E-state index < -0.39 is 0 Å². The van der Waals surface area contributed by atoms with Gasteiger partial charge in [0.05, 0.1) is 7.11 Å². The van der Waals surface area contributed by atoms with E-state index in [9.17, 15) is 0 Å². The summed E-state index contributed by atoms with van der Waals surface area (Å²) in [6, 6.07) is 0. The van der Waals surface area contributed by atoms with Crippen LogP contribution in [0.3, 0.4) is 0 Å². The van der Waals surface area contributed by atoms with E-state index in [2.05, 4.69) is 4.84 Å². The van der Waals surface area contributed by atoms with Crippen molar-refractivity contribution in [3.63, 3.8) is 0 Å². The smallest absolute Gasteiger partial charge is 0.0599 e. The lowest BCUT2D eigenvalue weighted by atomic mass is 11.7. The van der Waals surface area contributed by atoms with E-state index in [1.54, 1.807) is 0 Å². The van der Waals surface area contributed by atoms with Crippen molar-refractivity contribution in [3.8, 4) is 0 Å². The second-order valence-corrected chi connectivity index (χ2v) is 0.295. The Labute approximate surface area is 36.3 Å². The van der Waals surface area contributed by atoms with Crippen LogP contribution in [0.15, 0.2) is 0 Å². The highest BCUT2D eigenvalue weighted by atomic mass is 35.5. The van der Waals surface area contributed by atoms with Crippen LogP contribution in [0.4, 0.5) is 0 Å². The third-order valence-corrected chi connectivity index (χ3v) is 0.0913. The molecular weight excluding hydrogens is 93.5 g/mol. The fraction of sp³-hybridized carbons (Fsp3) is 1.00. The van der Waals surface area contributed by atoms with Crippen LogP contribution < -0.4 is 5.64 Å². The SMILES string of the molecule is CONO.Cl. The number of hydrogen-bond donors (Lipinski definition) is 2. The highest BCUT2D eigenvalue weighted by molar-refractivity contribution is 5.85. The zero-order valence-electron chi connectivity index (χ0n) is 2.76. The molecule has 0 radical (unpaired) electrons. The minimum atomic E-state index is 0. The van der Waals surface area contributed by atoms with E-state index in [-0.39, 0.29) is 12.4 Å². The fourth-order valence-electron chi connectivity index (χ4n) is 0. The first kappa shape index (κ1) is 8.95. The lowest BCUT2D eigenvalue weighted by molar-refractivity contribution is -0.101. The molecule has 0 aromatic heterocycles. The Balaban J connectivity index is 0. The van der Waals surface area contributed by atoms with Gasteiger partial charge in [0.25, 0.3) is 0 Å². The number of nitrogens with one attached hydrogen (secondary N) is 1. The van der Waals surface area contributed by atoms with Gasteiger partial charge in [-0.05, 0) is 0 Å². The second-order valence-electron chi connectivity index (χ2n) is 0.295. The predicted octanol–water partition coefficient (Wildman–Crippen LogP) is -0.0516. The topological polar surface area (TPSA) is 41.5 Å². The molecule has 0 heterocycles. The molecule has 0 aliphatic rings. The Bertz CT molecular complexity index is 11.6. The van der Waals surface area contributed by atoms with Crippen molar-refractivity contribution in [3.05, 3.63) is 0 Å². The van der Waals surface area contributed by atoms with Crippen LogP contribution in [0.25, 0.3) is 0 Å². The van der Waals surface area contributed by atoms with Gasteiger partial charge in [-0.3, -0.25) is 10.0 Å². The monoisotopic (exact) mass is 99.0 g/mol. The summed E-state index contributed by atoms with van der Waals surface area (Å²) in [7, 11) is 1.32. The van der Waals surface area contributed by atoms with Gasteiger partial charge in [-0.1, -0.05) is 5.64 Å². The summed E-state index contributed by atoms with van der Waals surface area (Å²) in [5.74, 6) is 0. The molecule has 0 aromatic rings. The summed E-state index contributed by atoms with van der Waals surface area (Å²) in [6.45, 7) is 0. The maximum Gasteiger partial charge on any atom is 0.0599 e. The molecule has 0 rings (SSSR count). The van der Waals surface area contributed by atoms with Gasteiger partial charge >= 0.3 is 0 Å². The average Bonchev–Trinajstić information content (AvgIpc) is 1.37. The molecule has 4 heteroatoms.